The van der Waals surface area contributed by atoms with Crippen molar-refractivity contribution in [2.45, 2.75) is 38.3 Å². The summed E-state index contributed by atoms with van der Waals surface area (Å²) in [7, 11) is 3.29. The average Bonchev–Trinajstić information content (AvgIpc) is 3.46. The Morgan fingerprint density at radius 1 is 1.07 bits per heavy atom. The Kier molecular flexibility index (Phi) is 5.28. The minimum absolute atomic E-state index is 0.157. The van der Waals surface area contributed by atoms with Crippen molar-refractivity contribution in [1.29, 1.82) is 0 Å². The van der Waals surface area contributed by atoms with Gasteiger partial charge in [0.1, 0.15) is 11.5 Å². The molecule has 1 heterocycles. The first-order valence-electron chi connectivity index (χ1n) is 9.57. The Bertz CT molecular complexity index is 862. The number of fused-ring (bicyclic) bond motifs is 1. The topological polar surface area (TPSA) is 57.2 Å². The minimum atomic E-state index is 0.157. The van der Waals surface area contributed by atoms with Crippen LogP contribution in [0.3, 0.4) is 0 Å². The second-order valence-corrected chi connectivity index (χ2v) is 7.12. The van der Waals surface area contributed by atoms with Gasteiger partial charge in [-0.3, -0.25) is 4.79 Å². The summed E-state index contributed by atoms with van der Waals surface area (Å²) in [6, 6.07) is 11.9. The number of nitrogens with zero attached hydrogens (tertiary/aromatic N) is 1. The first-order chi connectivity index (χ1) is 13.7. The molecule has 0 saturated heterocycles. The fourth-order valence-electron chi connectivity index (χ4n) is 3.49. The second-order valence-electron chi connectivity index (χ2n) is 7.12. The number of benzene rings is 2. The van der Waals surface area contributed by atoms with Crippen molar-refractivity contribution >= 4 is 5.91 Å². The van der Waals surface area contributed by atoms with E-state index in [1.54, 1.807) is 14.2 Å². The highest BCUT2D eigenvalue weighted by Crippen LogP contribution is 2.34. The summed E-state index contributed by atoms with van der Waals surface area (Å²) in [5.41, 5.74) is 2.04. The first-order valence-corrected chi connectivity index (χ1v) is 9.57. The van der Waals surface area contributed by atoms with E-state index in [2.05, 4.69) is 0 Å². The molecule has 0 radical (unpaired) electrons. The highest BCUT2D eigenvalue weighted by Gasteiger charge is 2.33. The van der Waals surface area contributed by atoms with Crippen LogP contribution in [0.5, 0.6) is 23.0 Å². The molecule has 2 aromatic carbocycles. The average molecular weight is 383 g/mol. The van der Waals surface area contributed by atoms with Crippen molar-refractivity contribution in [3.63, 3.8) is 0 Å². The van der Waals surface area contributed by atoms with Gasteiger partial charge < -0.3 is 23.8 Å². The second kappa shape index (κ2) is 8.00. The maximum absolute atomic E-state index is 13.0. The third kappa shape index (κ3) is 4.01. The van der Waals surface area contributed by atoms with E-state index in [0.717, 1.165) is 47.0 Å². The Morgan fingerprint density at radius 3 is 2.64 bits per heavy atom. The number of aryl methyl sites for hydroxylation is 1. The van der Waals surface area contributed by atoms with Gasteiger partial charge in [0, 0.05) is 24.6 Å². The first kappa shape index (κ1) is 18.5. The Balaban J connectivity index is 1.44. The number of ether oxygens (including phenoxy) is 4. The van der Waals surface area contributed by atoms with Gasteiger partial charge in [-0.25, -0.2) is 0 Å². The molecule has 1 amide bonds. The van der Waals surface area contributed by atoms with Crippen molar-refractivity contribution in [1.82, 2.24) is 4.90 Å². The van der Waals surface area contributed by atoms with Crippen molar-refractivity contribution in [2.75, 3.05) is 21.0 Å². The molecule has 2 aromatic rings. The van der Waals surface area contributed by atoms with Gasteiger partial charge in [-0.2, -0.15) is 0 Å². The van der Waals surface area contributed by atoms with E-state index in [1.807, 2.05) is 41.3 Å². The van der Waals surface area contributed by atoms with Crippen LogP contribution in [-0.4, -0.2) is 37.9 Å². The van der Waals surface area contributed by atoms with Gasteiger partial charge in [-0.1, -0.05) is 6.07 Å². The minimum Gasteiger partial charge on any atom is -0.497 e. The quantitative estimate of drug-likeness (QED) is 0.698. The summed E-state index contributed by atoms with van der Waals surface area (Å²) in [6.07, 6.45) is 3.25. The maximum Gasteiger partial charge on any atom is 0.231 e. The fraction of sp³-hybridized carbons (Fsp3) is 0.409. The molecule has 6 heteroatoms. The van der Waals surface area contributed by atoms with Gasteiger partial charge in [0.25, 0.3) is 0 Å². The molecule has 148 valence electrons. The molecule has 0 atom stereocenters. The van der Waals surface area contributed by atoms with E-state index in [0.29, 0.717) is 25.4 Å². The molecule has 0 unspecified atom stereocenters. The Morgan fingerprint density at radius 2 is 1.89 bits per heavy atom. The standard InChI is InChI=1S/C22H25NO5/c1-25-18-7-9-19(26-2)16(12-18)13-23(17-5-6-17)22(24)10-4-15-3-8-20-21(11-15)28-14-27-20/h3,7-9,11-12,17H,4-6,10,13-14H2,1-2H3. The molecule has 4 rings (SSSR count). The molecule has 6 nitrogen and oxygen atoms in total. The zero-order valence-corrected chi connectivity index (χ0v) is 16.3. The summed E-state index contributed by atoms with van der Waals surface area (Å²) in [5.74, 6) is 3.21. The van der Waals surface area contributed by atoms with Crippen LogP contribution in [0.15, 0.2) is 36.4 Å². The molecular formula is C22H25NO5. The van der Waals surface area contributed by atoms with Crippen LogP contribution in [0.25, 0.3) is 0 Å². The van der Waals surface area contributed by atoms with Crippen LogP contribution < -0.4 is 18.9 Å². The van der Waals surface area contributed by atoms with E-state index in [4.69, 9.17) is 18.9 Å². The normalized spacial score (nSPS) is 14.6. The zero-order valence-electron chi connectivity index (χ0n) is 16.3. The lowest BCUT2D eigenvalue weighted by Crippen LogP contribution is -2.32. The highest BCUT2D eigenvalue weighted by molar-refractivity contribution is 5.77. The lowest BCUT2D eigenvalue weighted by atomic mass is 10.1. The van der Waals surface area contributed by atoms with Gasteiger partial charge in [0.2, 0.25) is 12.7 Å². The van der Waals surface area contributed by atoms with E-state index >= 15 is 0 Å². The Labute approximate surface area is 165 Å². The SMILES string of the molecule is COc1ccc(OC)c(CN(C(=O)CCc2ccc3c(c2)OCO3)C2CC2)c1. The van der Waals surface area contributed by atoms with E-state index < -0.39 is 0 Å². The number of hydrogen-bond donors (Lipinski definition) is 0. The molecule has 0 bridgehead atoms. The third-order valence-electron chi connectivity index (χ3n) is 5.20. The predicted molar refractivity (Wildman–Crippen MR) is 104 cm³/mol. The molecule has 1 aliphatic heterocycles. The summed E-state index contributed by atoms with van der Waals surface area (Å²) >= 11 is 0. The number of carbonyl (C=O) groups is 1. The zero-order chi connectivity index (χ0) is 19.5. The lowest BCUT2D eigenvalue weighted by molar-refractivity contribution is -0.132. The lowest BCUT2D eigenvalue weighted by Gasteiger charge is -2.24. The number of amides is 1. The molecule has 2 aliphatic rings. The summed E-state index contributed by atoms with van der Waals surface area (Å²) in [6.45, 7) is 0.792. The highest BCUT2D eigenvalue weighted by atomic mass is 16.7. The van der Waals surface area contributed by atoms with Crippen molar-refractivity contribution in [3.8, 4) is 23.0 Å². The van der Waals surface area contributed by atoms with Gasteiger partial charge in [0.05, 0.1) is 14.2 Å². The van der Waals surface area contributed by atoms with Gasteiger partial charge >= 0.3 is 0 Å². The van der Waals surface area contributed by atoms with Crippen molar-refractivity contribution in [3.05, 3.63) is 47.5 Å². The van der Waals surface area contributed by atoms with Crippen LogP contribution in [0, 0.1) is 0 Å². The van der Waals surface area contributed by atoms with Crippen molar-refractivity contribution in [2.24, 2.45) is 0 Å². The van der Waals surface area contributed by atoms with Crippen LogP contribution in [0.4, 0.5) is 0 Å². The van der Waals surface area contributed by atoms with E-state index in [9.17, 15) is 4.79 Å². The van der Waals surface area contributed by atoms with Gasteiger partial charge in [-0.05, 0) is 55.2 Å². The number of carbonyl (C=O) groups excluding carboxylic acids is 1. The monoisotopic (exact) mass is 383 g/mol. The summed E-state index contributed by atoms with van der Waals surface area (Å²) < 4.78 is 21.6. The largest absolute Gasteiger partial charge is 0.497 e. The van der Waals surface area contributed by atoms with Gasteiger partial charge in [0.15, 0.2) is 11.5 Å². The molecule has 0 spiro atoms. The smallest absolute Gasteiger partial charge is 0.231 e. The number of methoxy groups -OCH3 is 2. The molecule has 1 aliphatic carbocycles. The summed E-state index contributed by atoms with van der Waals surface area (Å²) in [5, 5.41) is 0. The maximum atomic E-state index is 13.0. The molecule has 1 fully saturated rings. The predicted octanol–water partition coefficient (Wildman–Crippen LogP) is 3.56. The number of hydrogen-bond acceptors (Lipinski definition) is 5. The number of rotatable bonds is 8. The Hall–Kier alpha value is -2.89. The summed E-state index contributed by atoms with van der Waals surface area (Å²) in [4.78, 5) is 15.0. The molecule has 28 heavy (non-hydrogen) atoms. The van der Waals surface area contributed by atoms with Gasteiger partial charge in [-0.15, -0.1) is 0 Å². The van der Waals surface area contributed by atoms with E-state index in [1.165, 1.54) is 0 Å². The van der Waals surface area contributed by atoms with Crippen molar-refractivity contribution < 1.29 is 23.7 Å². The van der Waals surface area contributed by atoms with E-state index in [-0.39, 0.29) is 12.7 Å². The fourth-order valence-corrected chi connectivity index (χ4v) is 3.49. The van der Waals surface area contributed by atoms with Crippen LogP contribution in [0.1, 0.15) is 30.4 Å². The molecule has 0 aromatic heterocycles. The molecule has 1 saturated carbocycles. The molecular weight excluding hydrogens is 358 g/mol. The van der Waals surface area contributed by atoms with Crippen LogP contribution >= 0.6 is 0 Å². The van der Waals surface area contributed by atoms with Crippen LogP contribution in [-0.2, 0) is 17.8 Å². The third-order valence-corrected chi connectivity index (χ3v) is 5.20. The molecule has 0 N–H and O–H groups in total. The van der Waals surface area contributed by atoms with Crippen LogP contribution in [0.2, 0.25) is 0 Å².